The molecular formula is C13H15BrN2O2. The number of carbonyl (C=O) groups excluding carboxylic acids is 1. The van der Waals surface area contributed by atoms with Crippen LogP contribution in [0.4, 0.5) is 0 Å². The van der Waals surface area contributed by atoms with Gasteiger partial charge in [0.25, 0.3) is 0 Å². The Labute approximate surface area is 114 Å². The first-order valence-electron chi connectivity index (χ1n) is 5.75. The van der Waals surface area contributed by atoms with Gasteiger partial charge in [-0.25, -0.2) is 0 Å². The number of benzene rings is 1. The number of carbonyl (C=O) groups is 1. The van der Waals surface area contributed by atoms with E-state index in [9.17, 15) is 4.79 Å². The molecule has 0 spiro atoms. The van der Waals surface area contributed by atoms with Crippen LogP contribution in [-0.2, 0) is 16.0 Å². The molecule has 0 bridgehead atoms. The zero-order chi connectivity index (χ0) is 13.0. The third kappa shape index (κ3) is 2.91. The van der Waals surface area contributed by atoms with E-state index in [0.29, 0.717) is 18.4 Å². The molecule has 5 heteroatoms. The summed E-state index contributed by atoms with van der Waals surface area (Å²) in [5, 5.41) is 1.72. The van der Waals surface area contributed by atoms with Crippen molar-refractivity contribution in [1.29, 1.82) is 0 Å². The standard InChI is InChI=1S/C13H15BrN2O2/c14-5-6-18-13(17)11(15)7-9-8-16-12-4-2-1-3-10(9)12/h1-4,8,11,16H,5-7,15H2/t11-/m0/s1. The number of nitrogens with two attached hydrogens (primary N) is 1. The Morgan fingerprint density at radius 2 is 2.22 bits per heavy atom. The topological polar surface area (TPSA) is 68.1 Å². The van der Waals surface area contributed by atoms with Crippen molar-refractivity contribution in [2.24, 2.45) is 5.73 Å². The molecular weight excluding hydrogens is 296 g/mol. The molecule has 1 heterocycles. The van der Waals surface area contributed by atoms with Crippen LogP contribution in [-0.4, -0.2) is 28.9 Å². The van der Waals surface area contributed by atoms with Gasteiger partial charge < -0.3 is 15.5 Å². The molecule has 96 valence electrons. The highest BCUT2D eigenvalue weighted by atomic mass is 79.9. The maximum absolute atomic E-state index is 11.6. The Bertz CT molecular complexity index is 539. The van der Waals surface area contributed by atoms with Gasteiger partial charge in [0.2, 0.25) is 0 Å². The number of halogens is 1. The van der Waals surface area contributed by atoms with E-state index in [4.69, 9.17) is 10.5 Å². The van der Waals surface area contributed by atoms with E-state index in [1.807, 2.05) is 30.5 Å². The maximum Gasteiger partial charge on any atom is 0.323 e. The lowest BCUT2D eigenvalue weighted by Gasteiger charge is -2.10. The largest absolute Gasteiger partial charge is 0.464 e. The smallest absolute Gasteiger partial charge is 0.323 e. The molecule has 1 atom stereocenters. The summed E-state index contributed by atoms with van der Waals surface area (Å²) in [7, 11) is 0. The second-order valence-corrected chi connectivity index (χ2v) is 4.82. The summed E-state index contributed by atoms with van der Waals surface area (Å²) in [6.07, 6.45) is 2.37. The molecule has 0 radical (unpaired) electrons. The first-order valence-corrected chi connectivity index (χ1v) is 6.87. The van der Waals surface area contributed by atoms with Crippen molar-refractivity contribution in [2.45, 2.75) is 12.5 Å². The fourth-order valence-electron chi connectivity index (χ4n) is 1.87. The van der Waals surface area contributed by atoms with Crippen molar-refractivity contribution in [3.05, 3.63) is 36.0 Å². The van der Waals surface area contributed by atoms with Crippen molar-refractivity contribution < 1.29 is 9.53 Å². The normalized spacial score (nSPS) is 12.6. The predicted octanol–water partition coefficient (Wildman–Crippen LogP) is 1.98. The van der Waals surface area contributed by atoms with Gasteiger partial charge in [-0.15, -0.1) is 0 Å². The Kier molecular flexibility index (Phi) is 4.38. The molecule has 18 heavy (non-hydrogen) atoms. The van der Waals surface area contributed by atoms with E-state index in [1.54, 1.807) is 0 Å². The Morgan fingerprint density at radius 3 is 3.00 bits per heavy atom. The first kappa shape index (κ1) is 13.1. The van der Waals surface area contributed by atoms with Gasteiger partial charge in [0.15, 0.2) is 0 Å². The number of H-pyrrole nitrogens is 1. The van der Waals surface area contributed by atoms with E-state index in [1.165, 1.54) is 0 Å². The van der Waals surface area contributed by atoms with E-state index < -0.39 is 6.04 Å². The molecule has 0 saturated carbocycles. The second-order valence-electron chi connectivity index (χ2n) is 4.03. The molecule has 0 amide bonds. The number of hydrogen-bond acceptors (Lipinski definition) is 3. The number of aromatic nitrogens is 1. The summed E-state index contributed by atoms with van der Waals surface area (Å²) in [6, 6.07) is 7.31. The summed E-state index contributed by atoms with van der Waals surface area (Å²) < 4.78 is 4.99. The van der Waals surface area contributed by atoms with Crippen molar-refractivity contribution in [3.63, 3.8) is 0 Å². The Morgan fingerprint density at radius 1 is 1.44 bits per heavy atom. The van der Waals surface area contributed by atoms with Gasteiger partial charge in [-0.3, -0.25) is 4.79 Å². The molecule has 0 aliphatic carbocycles. The van der Waals surface area contributed by atoms with Crippen LogP contribution >= 0.6 is 15.9 Å². The minimum atomic E-state index is -0.622. The van der Waals surface area contributed by atoms with E-state index >= 15 is 0 Å². The number of aromatic amines is 1. The van der Waals surface area contributed by atoms with Gasteiger partial charge in [0.05, 0.1) is 0 Å². The van der Waals surface area contributed by atoms with Crippen LogP contribution in [0.25, 0.3) is 10.9 Å². The van der Waals surface area contributed by atoms with E-state index in [0.717, 1.165) is 16.5 Å². The monoisotopic (exact) mass is 310 g/mol. The summed E-state index contributed by atoms with van der Waals surface area (Å²) >= 11 is 3.20. The summed E-state index contributed by atoms with van der Waals surface area (Å²) in [5.41, 5.74) is 7.92. The van der Waals surface area contributed by atoms with Crippen LogP contribution in [0.5, 0.6) is 0 Å². The molecule has 0 fully saturated rings. The molecule has 4 nitrogen and oxygen atoms in total. The highest BCUT2D eigenvalue weighted by Crippen LogP contribution is 2.18. The lowest BCUT2D eigenvalue weighted by atomic mass is 10.1. The van der Waals surface area contributed by atoms with Crippen LogP contribution in [0.3, 0.4) is 0 Å². The number of para-hydroxylation sites is 1. The van der Waals surface area contributed by atoms with Crippen LogP contribution in [0.15, 0.2) is 30.5 Å². The number of hydrogen-bond donors (Lipinski definition) is 2. The second kappa shape index (κ2) is 6.02. The third-order valence-electron chi connectivity index (χ3n) is 2.74. The molecule has 0 unspecified atom stereocenters. The molecule has 0 aliphatic heterocycles. The maximum atomic E-state index is 11.6. The van der Waals surface area contributed by atoms with E-state index in [-0.39, 0.29) is 5.97 Å². The van der Waals surface area contributed by atoms with Crippen molar-refractivity contribution in [2.75, 3.05) is 11.9 Å². The number of fused-ring (bicyclic) bond motifs is 1. The Hall–Kier alpha value is -1.33. The number of alkyl halides is 1. The van der Waals surface area contributed by atoms with Crippen LogP contribution in [0, 0.1) is 0 Å². The number of ether oxygens (including phenoxy) is 1. The number of esters is 1. The highest BCUT2D eigenvalue weighted by Gasteiger charge is 2.17. The average molecular weight is 311 g/mol. The fraction of sp³-hybridized carbons (Fsp3) is 0.308. The summed E-state index contributed by atoms with van der Waals surface area (Å²) in [4.78, 5) is 14.7. The van der Waals surface area contributed by atoms with Crippen molar-refractivity contribution in [1.82, 2.24) is 4.98 Å². The van der Waals surface area contributed by atoms with Crippen LogP contribution in [0.1, 0.15) is 5.56 Å². The zero-order valence-corrected chi connectivity index (χ0v) is 11.4. The Balaban J connectivity index is 2.07. The van der Waals surface area contributed by atoms with Gasteiger partial charge in [-0.1, -0.05) is 34.1 Å². The fourth-order valence-corrected chi connectivity index (χ4v) is 2.03. The lowest BCUT2D eigenvalue weighted by molar-refractivity contribution is -0.144. The van der Waals surface area contributed by atoms with Crippen LogP contribution < -0.4 is 5.73 Å². The SMILES string of the molecule is N[C@@H](Cc1c[nH]c2ccccc12)C(=O)OCCBr. The minimum absolute atomic E-state index is 0.348. The number of rotatable bonds is 5. The lowest BCUT2D eigenvalue weighted by Crippen LogP contribution is -2.34. The molecule has 1 aromatic heterocycles. The van der Waals surface area contributed by atoms with Crippen molar-refractivity contribution in [3.8, 4) is 0 Å². The summed E-state index contributed by atoms with van der Waals surface area (Å²) in [6.45, 7) is 0.348. The molecule has 3 N–H and O–H groups in total. The number of nitrogens with one attached hydrogen (secondary N) is 1. The van der Waals surface area contributed by atoms with Gasteiger partial charge in [0, 0.05) is 28.9 Å². The predicted molar refractivity (Wildman–Crippen MR) is 74.7 cm³/mol. The minimum Gasteiger partial charge on any atom is -0.464 e. The van der Waals surface area contributed by atoms with Gasteiger partial charge in [-0.05, 0) is 11.6 Å². The molecule has 2 aromatic rings. The van der Waals surface area contributed by atoms with Gasteiger partial charge in [-0.2, -0.15) is 0 Å². The highest BCUT2D eigenvalue weighted by molar-refractivity contribution is 9.09. The first-order chi connectivity index (χ1) is 8.72. The average Bonchev–Trinajstić information content (AvgIpc) is 2.79. The quantitative estimate of drug-likeness (QED) is 0.655. The van der Waals surface area contributed by atoms with Gasteiger partial charge in [0.1, 0.15) is 12.6 Å². The van der Waals surface area contributed by atoms with E-state index in [2.05, 4.69) is 20.9 Å². The zero-order valence-electron chi connectivity index (χ0n) is 9.86. The third-order valence-corrected chi connectivity index (χ3v) is 3.06. The molecule has 2 rings (SSSR count). The summed E-state index contributed by atoms with van der Waals surface area (Å²) in [5.74, 6) is -0.361. The molecule has 1 aromatic carbocycles. The molecule has 0 aliphatic rings. The van der Waals surface area contributed by atoms with Crippen molar-refractivity contribution >= 4 is 32.8 Å². The molecule has 0 saturated heterocycles. The van der Waals surface area contributed by atoms with Crippen LogP contribution in [0.2, 0.25) is 0 Å². The van der Waals surface area contributed by atoms with Gasteiger partial charge >= 0.3 is 5.97 Å².